The number of hydrogen-bond donors (Lipinski definition) is 1. The first kappa shape index (κ1) is 14.1. The van der Waals surface area contributed by atoms with Crippen molar-refractivity contribution in [2.75, 3.05) is 19.7 Å². The Morgan fingerprint density at radius 3 is 2.57 bits per heavy atom. The van der Waals surface area contributed by atoms with Crippen molar-refractivity contribution in [2.24, 2.45) is 0 Å². The van der Waals surface area contributed by atoms with Gasteiger partial charge in [0.25, 0.3) is 0 Å². The van der Waals surface area contributed by atoms with E-state index in [4.69, 9.17) is 9.47 Å². The average Bonchev–Trinajstić information content (AvgIpc) is 2.56. The highest BCUT2D eigenvalue weighted by Crippen LogP contribution is 2.29. The van der Waals surface area contributed by atoms with Gasteiger partial charge < -0.3 is 14.8 Å². The monoisotopic (exact) mass is 282 g/mol. The van der Waals surface area contributed by atoms with Gasteiger partial charge in [-0.15, -0.1) is 0 Å². The van der Waals surface area contributed by atoms with Gasteiger partial charge in [0.05, 0.1) is 6.61 Å². The summed E-state index contributed by atoms with van der Waals surface area (Å²) in [6.45, 7) is 4.51. The molecule has 0 saturated carbocycles. The van der Waals surface area contributed by atoms with Gasteiger partial charge in [0.2, 0.25) is 0 Å². The molecule has 0 spiro atoms. The summed E-state index contributed by atoms with van der Waals surface area (Å²) in [7, 11) is 0. The first-order valence-corrected chi connectivity index (χ1v) is 7.44. The van der Waals surface area contributed by atoms with Crippen LogP contribution in [0.2, 0.25) is 0 Å². The van der Waals surface area contributed by atoms with Crippen LogP contribution < -0.4 is 10.1 Å². The van der Waals surface area contributed by atoms with Gasteiger partial charge in [-0.2, -0.15) is 0 Å². The zero-order chi connectivity index (χ0) is 14.5. The molecule has 1 heterocycles. The normalized spacial score (nSPS) is 20.0. The maximum absolute atomic E-state index is 6.31. The van der Waals surface area contributed by atoms with Crippen LogP contribution in [-0.2, 0) is 4.74 Å². The minimum absolute atomic E-state index is 0.0285. The van der Waals surface area contributed by atoms with E-state index in [9.17, 15) is 0 Å². The molecule has 1 saturated heterocycles. The third-order valence-corrected chi connectivity index (χ3v) is 3.77. The lowest BCUT2D eigenvalue weighted by Gasteiger charge is -2.32. The van der Waals surface area contributed by atoms with E-state index in [0.29, 0.717) is 0 Å². The van der Waals surface area contributed by atoms with Gasteiger partial charge >= 0.3 is 0 Å². The molecule has 0 amide bonds. The van der Waals surface area contributed by atoms with Gasteiger partial charge in [-0.1, -0.05) is 48.5 Å². The highest BCUT2D eigenvalue weighted by atomic mass is 16.5. The van der Waals surface area contributed by atoms with Crippen LogP contribution in [0.1, 0.15) is 17.2 Å². The Bertz CT molecular complexity index is 564. The molecule has 2 aromatic carbocycles. The Hall–Kier alpha value is -1.84. The van der Waals surface area contributed by atoms with Crippen LogP contribution in [0.25, 0.3) is 0 Å². The molecule has 1 aliphatic heterocycles. The van der Waals surface area contributed by atoms with E-state index in [-0.39, 0.29) is 12.2 Å². The number of aryl methyl sites for hydroxylation is 1. The predicted molar refractivity (Wildman–Crippen MR) is 83.6 cm³/mol. The first-order valence-electron chi connectivity index (χ1n) is 7.44. The molecule has 0 aliphatic carbocycles. The van der Waals surface area contributed by atoms with Crippen LogP contribution in [0, 0.1) is 6.92 Å². The molecule has 3 rings (SSSR count). The molecule has 3 heteroatoms. The van der Waals surface area contributed by atoms with Crippen molar-refractivity contribution >= 4 is 0 Å². The summed E-state index contributed by atoms with van der Waals surface area (Å²) >= 11 is 0. The third-order valence-electron chi connectivity index (χ3n) is 3.77. The third kappa shape index (κ3) is 3.43. The van der Waals surface area contributed by atoms with Crippen LogP contribution in [0.3, 0.4) is 0 Å². The second kappa shape index (κ2) is 6.74. The minimum Gasteiger partial charge on any atom is -0.483 e. The largest absolute Gasteiger partial charge is 0.483 e. The van der Waals surface area contributed by atoms with Crippen LogP contribution in [-0.4, -0.2) is 25.8 Å². The Morgan fingerprint density at radius 2 is 1.86 bits per heavy atom. The van der Waals surface area contributed by atoms with Crippen molar-refractivity contribution < 1.29 is 9.47 Å². The predicted octanol–water partition coefficient (Wildman–Crippen LogP) is 3.10. The second-order valence-corrected chi connectivity index (χ2v) is 5.33. The van der Waals surface area contributed by atoms with E-state index in [1.54, 1.807) is 0 Å². The Morgan fingerprint density at radius 1 is 1.10 bits per heavy atom. The lowest BCUT2D eigenvalue weighted by molar-refractivity contribution is -0.0434. The van der Waals surface area contributed by atoms with Crippen LogP contribution >= 0.6 is 0 Å². The lowest BCUT2D eigenvalue weighted by Crippen LogP contribution is -2.43. The van der Waals surface area contributed by atoms with Crippen molar-refractivity contribution in [3.05, 3.63) is 65.7 Å². The van der Waals surface area contributed by atoms with Gasteiger partial charge in [0, 0.05) is 13.1 Å². The Balaban J connectivity index is 1.87. The van der Waals surface area contributed by atoms with Gasteiger partial charge in [0.15, 0.2) is 6.10 Å². The van der Waals surface area contributed by atoms with E-state index in [2.05, 4.69) is 30.4 Å². The summed E-state index contributed by atoms with van der Waals surface area (Å²) in [5.74, 6) is 0.917. The summed E-state index contributed by atoms with van der Waals surface area (Å²) in [5.41, 5.74) is 2.29. The van der Waals surface area contributed by atoms with Crippen LogP contribution in [0.4, 0.5) is 0 Å². The van der Waals surface area contributed by atoms with Gasteiger partial charge in [-0.3, -0.25) is 0 Å². The topological polar surface area (TPSA) is 30.5 Å². The van der Waals surface area contributed by atoms with Crippen molar-refractivity contribution in [2.45, 2.75) is 19.1 Å². The number of ether oxygens (including phenoxy) is 2. The van der Waals surface area contributed by atoms with E-state index in [1.165, 1.54) is 0 Å². The molecule has 2 unspecified atom stereocenters. The summed E-state index contributed by atoms with van der Waals surface area (Å²) in [5, 5.41) is 3.38. The molecule has 1 fully saturated rings. The van der Waals surface area contributed by atoms with Crippen LogP contribution in [0.15, 0.2) is 54.6 Å². The Kier molecular flexibility index (Phi) is 4.53. The summed E-state index contributed by atoms with van der Waals surface area (Å²) in [6.07, 6.45) is -0.0687. The number of para-hydroxylation sites is 1. The van der Waals surface area contributed by atoms with Crippen molar-refractivity contribution in [1.29, 1.82) is 0 Å². The lowest BCUT2D eigenvalue weighted by atomic mass is 10.0. The van der Waals surface area contributed by atoms with E-state index in [0.717, 1.165) is 36.6 Å². The average molecular weight is 282 g/mol. The zero-order valence-electron chi connectivity index (χ0n) is 12.3. The maximum Gasteiger partial charge on any atom is 0.151 e. The fraction of sp³-hybridized carbons (Fsp3) is 0.333. The van der Waals surface area contributed by atoms with Crippen molar-refractivity contribution in [3.8, 4) is 5.75 Å². The van der Waals surface area contributed by atoms with E-state index < -0.39 is 0 Å². The summed E-state index contributed by atoms with van der Waals surface area (Å²) in [6, 6.07) is 18.4. The molecule has 3 nitrogen and oxygen atoms in total. The SMILES string of the molecule is [11CH3]c1ccccc1OC(c1ccccc1)C1CNCCO1. The highest BCUT2D eigenvalue weighted by molar-refractivity contribution is 5.33. The number of benzene rings is 2. The smallest absolute Gasteiger partial charge is 0.151 e. The number of hydrogen-bond acceptors (Lipinski definition) is 3. The standard InChI is InChI=1S/C18H21NO2/c1-14-7-5-6-10-16(14)21-18(15-8-3-2-4-9-15)17-13-19-11-12-20-17/h2-10,17-19H,11-13H2,1H3/i1-1. The van der Waals surface area contributed by atoms with E-state index >= 15 is 0 Å². The van der Waals surface area contributed by atoms with Crippen molar-refractivity contribution in [3.63, 3.8) is 0 Å². The molecule has 1 aliphatic rings. The maximum atomic E-state index is 6.31. The molecular formula is C18H21NO2. The van der Waals surface area contributed by atoms with Gasteiger partial charge in [-0.05, 0) is 24.1 Å². The molecule has 2 aromatic rings. The molecular weight excluding hydrogens is 261 g/mol. The van der Waals surface area contributed by atoms with Crippen molar-refractivity contribution in [1.82, 2.24) is 5.32 Å². The fourth-order valence-electron chi connectivity index (χ4n) is 2.61. The molecule has 21 heavy (non-hydrogen) atoms. The van der Waals surface area contributed by atoms with Crippen LogP contribution in [0.5, 0.6) is 5.75 Å². The van der Waals surface area contributed by atoms with E-state index in [1.807, 2.05) is 36.4 Å². The quantitative estimate of drug-likeness (QED) is 0.934. The molecule has 0 bridgehead atoms. The fourth-order valence-corrected chi connectivity index (χ4v) is 2.61. The second-order valence-electron chi connectivity index (χ2n) is 5.33. The summed E-state index contributed by atoms with van der Waals surface area (Å²) < 4.78 is 12.2. The number of rotatable bonds is 4. The zero-order valence-corrected chi connectivity index (χ0v) is 12.3. The molecule has 1 N–H and O–H groups in total. The first-order chi connectivity index (χ1) is 10.3. The molecule has 110 valence electrons. The summed E-state index contributed by atoms with van der Waals surface area (Å²) in [4.78, 5) is 0. The number of morpholine rings is 1. The number of nitrogens with one attached hydrogen (secondary N) is 1. The van der Waals surface area contributed by atoms with Gasteiger partial charge in [-0.25, -0.2) is 0 Å². The van der Waals surface area contributed by atoms with Gasteiger partial charge in [0.1, 0.15) is 11.9 Å². The minimum atomic E-state index is -0.0971. The Labute approximate surface area is 125 Å². The highest BCUT2D eigenvalue weighted by Gasteiger charge is 2.28. The molecule has 0 radical (unpaired) electrons. The molecule has 2 atom stereocenters. The molecule has 0 aromatic heterocycles.